The third-order valence-corrected chi connectivity index (χ3v) is 5.83. The molecular formula is C19H22N6O. The molecule has 2 fully saturated rings. The van der Waals surface area contributed by atoms with E-state index in [2.05, 4.69) is 32.4 Å². The number of nitrogens with one attached hydrogen (secondary N) is 2. The number of fused-ring (bicyclic) bond motifs is 2. The standard InChI is InChI=1S/C19H22N6O/c1-9-6-12-16(17(12)26)15(7-9)22-18-11-3-2-10(13-4-5-21-25-13)8-14(11)23-19(20)24-18/h2-5,8-9,12,15-17,26H,6-7H2,1H3,(H,21,25)(H3,20,22,23,24). The van der Waals surface area contributed by atoms with Crippen molar-refractivity contribution >= 4 is 22.7 Å². The maximum atomic E-state index is 10.2. The quantitative estimate of drug-likeness (QED) is 0.577. The highest BCUT2D eigenvalue weighted by Gasteiger charge is 2.56. The number of aromatic amines is 1. The number of benzene rings is 1. The molecule has 5 N–H and O–H groups in total. The predicted octanol–water partition coefficient (Wildman–Crippen LogP) is 2.42. The molecule has 0 spiro atoms. The summed E-state index contributed by atoms with van der Waals surface area (Å²) in [5.41, 5.74) is 8.70. The van der Waals surface area contributed by atoms with Gasteiger partial charge in [0.15, 0.2) is 0 Å². The molecule has 7 nitrogen and oxygen atoms in total. The summed E-state index contributed by atoms with van der Waals surface area (Å²) < 4.78 is 0. The van der Waals surface area contributed by atoms with Crippen LogP contribution in [-0.4, -0.2) is 37.4 Å². The number of aromatic nitrogens is 4. The van der Waals surface area contributed by atoms with Crippen molar-refractivity contribution in [3.8, 4) is 11.3 Å². The van der Waals surface area contributed by atoms with E-state index in [-0.39, 0.29) is 18.1 Å². The molecule has 0 bridgehead atoms. The van der Waals surface area contributed by atoms with Crippen LogP contribution in [0.5, 0.6) is 0 Å². The summed E-state index contributed by atoms with van der Waals surface area (Å²) in [5, 5.41) is 21.7. The molecule has 1 aromatic carbocycles. The lowest BCUT2D eigenvalue weighted by atomic mass is 9.87. The van der Waals surface area contributed by atoms with E-state index < -0.39 is 0 Å². The fourth-order valence-corrected chi connectivity index (χ4v) is 4.54. The first kappa shape index (κ1) is 15.6. The van der Waals surface area contributed by atoms with E-state index in [1.165, 1.54) is 0 Å². The lowest BCUT2D eigenvalue weighted by molar-refractivity contribution is 0.246. The van der Waals surface area contributed by atoms with Gasteiger partial charge in [-0.25, -0.2) is 4.98 Å². The van der Waals surface area contributed by atoms with Crippen molar-refractivity contribution in [1.29, 1.82) is 0 Å². The topological polar surface area (TPSA) is 113 Å². The van der Waals surface area contributed by atoms with Crippen LogP contribution in [0.2, 0.25) is 0 Å². The van der Waals surface area contributed by atoms with Gasteiger partial charge in [-0.3, -0.25) is 5.10 Å². The van der Waals surface area contributed by atoms with Crippen LogP contribution in [0.1, 0.15) is 19.8 Å². The molecule has 7 heteroatoms. The smallest absolute Gasteiger partial charge is 0.222 e. The molecule has 0 aliphatic heterocycles. The Bertz CT molecular complexity index is 956. The van der Waals surface area contributed by atoms with Crippen LogP contribution in [0.25, 0.3) is 22.2 Å². The van der Waals surface area contributed by atoms with Gasteiger partial charge >= 0.3 is 0 Å². The van der Waals surface area contributed by atoms with Gasteiger partial charge in [-0.2, -0.15) is 10.1 Å². The van der Waals surface area contributed by atoms with Gasteiger partial charge < -0.3 is 16.2 Å². The van der Waals surface area contributed by atoms with Gasteiger partial charge in [0.25, 0.3) is 0 Å². The highest BCUT2D eigenvalue weighted by molar-refractivity contribution is 5.92. The molecule has 5 unspecified atom stereocenters. The minimum absolute atomic E-state index is 0.185. The Kier molecular flexibility index (Phi) is 3.40. The van der Waals surface area contributed by atoms with E-state index >= 15 is 0 Å². The molecular weight excluding hydrogens is 328 g/mol. The molecule has 0 amide bonds. The van der Waals surface area contributed by atoms with Crippen molar-refractivity contribution in [2.24, 2.45) is 17.8 Å². The molecule has 0 saturated heterocycles. The Labute approximate surface area is 151 Å². The van der Waals surface area contributed by atoms with E-state index in [9.17, 15) is 5.11 Å². The lowest BCUT2D eigenvalue weighted by Gasteiger charge is -2.27. The molecule has 2 aliphatic rings. The number of H-pyrrole nitrogens is 1. The average molecular weight is 350 g/mol. The fraction of sp³-hybridized carbons (Fsp3) is 0.421. The number of nitrogen functional groups attached to an aromatic ring is 1. The van der Waals surface area contributed by atoms with Crippen LogP contribution in [0.15, 0.2) is 30.5 Å². The molecule has 5 rings (SSSR count). The van der Waals surface area contributed by atoms with Crippen LogP contribution in [0.4, 0.5) is 11.8 Å². The Morgan fingerprint density at radius 1 is 1.23 bits per heavy atom. The van der Waals surface area contributed by atoms with Crippen LogP contribution in [0.3, 0.4) is 0 Å². The van der Waals surface area contributed by atoms with Gasteiger partial charge in [0, 0.05) is 29.1 Å². The van der Waals surface area contributed by atoms with Gasteiger partial charge in [-0.05, 0) is 42.9 Å². The first-order valence-corrected chi connectivity index (χ1v) is 9.12. The molecule has 2 aliphatic carbocycles. The lowest BCUT2D eigenvalue weighted by Crippen LogP contribution is -2.30. The third kappa shape index (κ3) is 2.50. The van der Waals surface area contributed by atoms with Gasteiger partial charge in [0.2, 0.25) is 5.95 Å². The van der Waals surface area contributed by atoms with E-state index in [1.807, 2.05) is 24.3 Å². The summed E-state index contributed by atoms with van der Waals surface area (Å²) in [4.78, 5) is 8.85. The summed E-state index contributed by atoms with van der Waals surface area (Å²) >= 11 is 0. The monoisotopic (exact) mass is 350 g/mol. The van der Waals surface area contributed by atoms with Crippen molar-refractivity contribution in [1.82, 2.24) is 20.2 Å². The van der Waals surface area contributed by atoms with E-state index in [4.69, 9.17) is 5.73 Å². The molecule has 2 aromatic heterocycles. The number of aliphatic hydroxyl groups excluding tert-OH is 1. The minimum Gasteiger partial charge on any atom is -0.392 e. The zero-order chi connectivity index (χ0) is 17.8. The average Bonchev–Trinajstić information content (AvgIpc) is 3.03. The number of anilines is 2. The predicted molar refractivity (Wildman–Crippen MR) is 100 cm³/mol. The first-order valence-electron chi connectivity index (χ1n) is 9.12. The fourth-order valence-electron chi connectivity index (χ4n) is 4.54. The zero-order valence-corrected chi connectivity index (χ0v) is 14.6. The number of nitrogens with two attached hydrogens (primary N) is 1. The zero-order valence-electron chi connectivity index (χ0n) is 14.6. The first-order chi connectivity index (χ1) is 12.6. The Hall–Kier alpha value is -2.67. The summed E-state index contributed by atoms with van der Waals surface area (Å²) in [7, 11) is 0. The van der Waals surface area contributed by atoms with Crippen LogP contribution >= 0.6 is 0 Å². The largest absolute Gasteiger partial charge is 0.392 e. The Morgan fingerprint density at radius 2 is 2.12 bits per heavy atom. The molecule has 2 saturated carbocycles. The number of hydrogen-bond donors (Lipinski definition) is 4. The SMILES string of the molecule is CC1CC(Nc2nc(N)nc3cc(-c4ccn[nH]4)ccc23)C2C(O)C2C1. The van der Waals surface area contributed by atoms with Crippen molar-refractivity contribution in [2.45, 2.75) is 31.9 Å². The molecule has 2 heterocycles. The van der Waals surface area contributed by atoms with E-state index in [0.717, 1.165) is 40.8 Å². The van der Waals surface area contributed by atoms with Crippen molar-refractivity contribution < 1.29 is 5.11 Å². The summed E-state index contributed by atoms with van der Waals surface area (Å²) in [6.45, 7) is 2.25. The minimum atomic E-state index is -0.185. The third-order valence-electron chi connectivity index (χ3n) is 5.83. The van der Waals surface area contributed by atoms with Crippen LogP contribution < -0.4 is 11.1 Å². The van der Waals surface area contributed by atoms with Gasteiger partial charge in [-0.1, -0.05) is 13.0 Å². The molecule has 5 atom stereocenters. The second kappa shape index (κ2) is 5.67. The van der Waals surface area contributed by atoms with Crippen molar-refractivity contribution in [2.75, 3.05) is 11.1 Å². The van der Waals surface area contributed by atoms with Crippen molar-refractivity contribution in [3.63, 3.8) is 0 Å². The second-order valence-corrected chi connectivity index (χ2v) is 7.69. The highest BCUT2D eigenvalue weighted by atomic mass is 16.3. The van der Waals surface area contributed by atoms with Gasteiger partial charge in [0.1, 0.15) is 5.82 Å². The summed E-state index contributed by atoms with van der Waals surface area (Å²) in [6, 6.07) is 8.18. The Morgan fingerprint density at radius 3 is 2.92 bits per heavy atom. The molecule has 0 radical (unpaired) electrons. The number of aliphatic hydroxyl groups is 1. The van der Waals surface area contributed by atoms with Crippen molar-refractivity contribution in [3.05, 3.63) is 30.5 Å². The number of nitrogens with zero attached hydrogens (tertiary/aromatic N) is 3. The number of rotatable bonds is 3. The molecule has 3 aromatic rings. The van der Waals surface area contributed by atoms with Gasteiger partial charge in [0.05, 0.1) is 17.3 Å². The highest BCUT2D eigenvalue weighted by Crippen LogP contribution is 2.52. The van der Waals surface area contributed by atoms with Gasteiger partial charge in [-0.15, -0.1) is 0 Å². The summed E-state index contributed by atoms with van der Waals surface area (Å²) in [6.07, 6.45) is 3.69. The van der Waals surface area contributed by atoms with Crippen LogP contribution in [-0.2, 0) is 0 Å². The van der Waals surface area contributed by atoms with Crippen LogP contribution in [0, 0.1) is 17.8 Å². The summed E-state index contributed by atoms with van der Waals surface area (Å²) in [5.74, 6) is 2.35. The second-order valence-electron chi connectivity index (χ2n) is 7.69. The maximum Gasteiger partial charge on any atom is 0.222 e. The van der Waals surface area contributed by atoms with E-state index in [1.54, 1.807) is 6.20 Å². The number of hydrogen-bond acceptors (Lipinski definition) is 6. The maximum absolute atomic E-state index is 10.2. The van der Waals surface area contributed by atoms with E-state index in [0.29, 0.717) is 17.8 Å². The normalized spacial score (nSPS) is 30.2. The molecule has 134 valence electrons. The molecule has 26 heavy (non-hydrogen) atoms. The Balaban J connectivity index is 1.51.